The molecule has 0 fully saturated rings. The van der Waals surface area contributed by atoms with Gasteiger partial charge in [0, 0.05) is 0 Å². The number of hydrogen-bond acceptors (Lipinski definition) is 2. The highest BCUT2D eigenvalue weighted by Gasteiger charge is 2.25. The van der Waals surface area contributed by atoms with E-state index in [0.717, 1.165) is 6.07 Å². The van der Waals surface area contributed by atoms with Gasteiger partial charge in [0.15, 0.2) is 17.4 Å². The van der Waals surface area contributed by atoms with Crippen LogP contribution in [0.4, 0.5) is 8.78 Å². The standard InChI is InChI=1S/C15H9F2NO/c16-13-8-4-7-11(14(13)17)15(19)12(9-18)10-5-2-1-3-6-10/h1-8,12H. The molecule has 2 rings (SSSR count). The van der Waals surface area contributed by atoms with Crippen molar-refractivity contribution in [3.8, 4) is 6.07 Å². The summed E-state index contributed by atoms with van der Waals surface area (Å²) in [6, 6.07) is 13.5. The summed E-state index contributed by atoms with van der Waals surface area (Å²) in [5.41, 5.74) is 0.0501. The van der Waals surface area contributed by atoms with Crippen molar-refractivity contribution in [1.29, 1.82) is 5.26 Å². The van der Waals surface area contributed by atoms with Crippen LogP contribution in [-0.2, 0) is 0 Å². The van der Waals surface area contributed by atoms with Crippen LogP contribution >= 0.6 is 0 Å². The molecule has 0 N–H and O–H groups in total. The molecule has 4 heteroatoms. The Labute approximate surface area is 108 Å². The van der Waals surface area contributed by atoms with Gasteiger partial charge in [-0.2, -0.15) is 5.26 Å². The molecule has 0 amide bonds. The molecular weight excluding hydrogens is 248 g/mol. The van der Waals surface area contributed by atoms with E-state index in [1.54, 1.807) is 30.3 Å². The Kier molecular flexibility index (Phi) is 3.67. The Hall–Kier alpha value is -2.54. The summed E-state index contributed by atoms with van der Waals surface area (Å²) < 4.78 is 26.7. The SMILES string of the molecule is N#CC(C(=O)c1cccc(F)c1F)c1ccccc1. The van der Waals surface area contributed by atoms with Gasteiger partial charge in [0.2, 0.25) is 0 Å². The average molecular weight is 257 g/mol. The molecule has 1 atom stereocenters. The highest BCUT2D eigenvalue weighted by Crippen LogP contribution is 2.22. The van der Waals surface area contributed by atoms with Crippen LogP contribution in [0.1, 0.15) is 21.8 Å². The molecule has 0 bridgehead atoms. The number of carbonyl (C=O) groups excluding carboxylic acids is 1. The lowest BCUT2D eigenvalue weighted by atomic mass is 9.91. The lowest BCUT2D eigenvalue weighted by Crippen LogP contribution is -2.13. The van der Waals surface area contributed by atoms with Gasteiger partial charge >= 0.3 is 0 Å². The molecule has 0 saturated heterocycles. The second-order valence-corrected chi connectivity index (χ2v) is 3.94. The van der Waals surface area contributed by atoms with E-state index in [1.165, 1.54) is 12.1 Å². The maximum absolute atomic E-state index is 13.6. The third kappa shape index (κ3) is 2.50. The van der Waals surface area contributed by atoms with Crippen LogP contribution in [0.3, 0.4) is 0 Å². The molecule has 2 nitrogen and oxygen atoms in total. The normalized spacial score (nSPS) is 11.6. The van der Waals surface area contributed by atoms with E-state index in [1.807, 2.05) is 6.07 Å². The second kappa shape index (κ2) is 5.40. The molecule has 94 valence electrons. The van der Waals surface area contributed by atoms with Gasteiger partial charge in [0.05, 0.1) is 11.6 Å². The molecule has 0 radical (unpaired) electrons. The van der Waals surface area contributed by atoms with E-state index in [2.05, 4.69) is 0 Å². The fraction of sp³-hybridized carbons (Fsp3) is 0.0667. The Morgan fingerprint density at radius 3 is 2.37 bits per heavy atom. The van der Waals surface area contributed by atoms with Crippen LogP contribution < -0.4 is 0 Å². The van der Waals surface area contributed by atoms with Gasteiger partial charge in [0.25, 0.3) is 0 Å². The Morgan fingerprint density at radius 1 is 1.05 bits per heavy atom. The number of ketones is 1. The molecule has 1 unspecified atom stereocenters. The molecule has 0 aliphatic heterocycles. The van der Waals surface area contributed by atoms with E-state index in [4.69, 9.17) is 5.26 Å². The number of rotatable bonds is 3. The Balaban J connectivity index is 2.43. The van der Waals surface area contributed by atoms with E-state index in [0.29, 0.717) is 5.56 Å². The summed E-state index contributed by atoms with van der Waals surface area (Å²) in [5.74, 6) is -4.21. The minimum atomic E-state index is -1.22. The van der Waals surface area contributed by atoms with Crippen LogP contribution in [0, 0.1) is 23.0 Å². The molecule has 19 heavy (non-hydrogen) atoms. The smallest absolute Gasteiger partial charge is 0.187 e. The molecule has 2 aromatic carbocycles. The third-order valence-corrected chi connectivity index (χ3v) is 2.74. The zero-order valence-electron chi connectivity index (χ0n) is 9.81. The summed E-state index contributed by atoms with van der Waals surface area (Å²) in [6.45, 7) is 0. The number of nitriles is 1. The average Bonchev–Trinajstić information content (AvgIpc) is 2.44. The summed E-state index contributed by atoms with van der Waals surface area (Å²) in [6.07, 6.45) is 0. The summed E-state index contributed by atoms with van der Waals surface area (Å²) in [5, 5.41) is 9.08. The zero-order chi connectivity index (χ0) is 13.8. The fourth-order valence-electron chi connectivity index (χ4n) is 1.78. The highest BCUT2D eigenvalue weighted by molar-refractivity contribution is 6.02. The molecule has 0 aliphatic rings. The Morgan fingerprint density at radius 2 is 1.74 bits per heavy atom. The number of nitrogens with zero attached hydrogens (tertiary/aromatic N) is 1. The van der Waals surface area contributed by atoms with Gasteiger partial charge in [-0.25, -0.2) is 8.78 Å². The number of benzene rings is 2. The van der Waals surface area contributed by atoms with Crippen molar-refractivity contribution in [2.24, 2.45) is 0 Å². The topological polar surface area (TPSA) is 40.9 Å². The Bertz CT molecular complexity index is 647. The molecule has 0 saturated carbocycles. The predicted octanol–water partition coefficient (Wildman–Crippen LogP) is 3.45. The van der Waals surface area contributed by atoms with Gasteiger partial charge in [0.1, 0.15) is 5.92 Å². The van der Waals surface area contributed by atoms with Gasteiger partial charge in [-0.15, -0.1) is 0 Å². The number of halogens is 2. The van der Waals surface area contributed by atoms with Crippen LogP contribution in [0.2, 0.25) is 0 Å². The van der Waals surface area contributed by atoms with Crippen LogP contribution in [-0.4, -0.2) is 5.78 Å². The molecule has 0 aromatic heterocycles. The van der Waals surface area contributed by atoms with Crippen molar-refractivity contribution < 1.29 is 13.6 Å². The monoisotopic (exact) mass is 257 g/mol. The molecule has 0 aliphatic carbocycles. The fourth-order valence-corrected chi connectivity index (χ4v) is 1.78. The van der Waals surface area contributed by atoms with Crippen molar-refractivity contribution in [3.63, 3.8) is 0 Å². The van der Waals surface area contributed by atoms with Gasteiger partial charge in [-0.3, -0.25) is 4.79 Å². The molecule has 2 aromatic rings. The maximum atomic E-state index is 13.6. The molecule has 0 heterocycles. The van der Waals surface area contributed by atoms with E-state index < -0.39 is 28.9 Å². The van der Waals surface area contributed by atoms with Crippen molar-refractivity contribution in [2.45, 2.75) is 5.92 Å². The van der Waals surface area contributed by atoms with E-state index >= 15 is 0 Å². The maximum Gasteiger partial charge on any atom is 0.187 e. The predicted molar refractivity (Wildman–Crippen MR) is 65.5 cm³/mol. The zero-order valence-corrected chi connectivity index (χ0v) is 9.81. The van der Waals surface area contributed by atoms with Crippen LogP contribution in [0.25, 0.3) is 0 Å². The first-order valence-corrected chi connectivity index (χ1v) is 5.58. The first-order valence-electron chi connectivity index (χ1n) is 5.58. The van der Waals surface area contributed by atoms with Gasteiger partial charge in [-0.1, -0.05) is 36.4 Å². The number of hydrogen-bond donors (Lipinski definition) is 0. The first kappa shape index (κ1) is 12.9. The minimum absolute atomic E-state index is 0.407. The van der Waals surface area contributed by atoms with Crippen molar-refractivity contribution in [1.82, 2.24) is 0 Å². The van der Waals surface area contributed by atoms with Crippen molar-refractivity contribution in [2.75, 3.05) is 0 Å². The summed E-state index contributed by atoms with van der Waals surface area (Å²) >= 11 is 0. The molecular formula is C15H9F2NO. The van der Waals surface area contributed by atoms with Gasteiger partial charge in [-0.05, 0) is 17.7 Å². The van der Waals surface area contributed by atoms with Crippen LogP contribution in [0.15, 0.2) is 48.5 Å². The largest absolute Gasteiger partial charge is 0.292 e. The third-order valence-electron chi connectivity index (χ3n) is 2.74. The second-order valence-electron chi connectivity index (χ2n) is 3.94. The van der Waals surface area contributed by atoms with Crippen molar-refractivity contribution in [3.05, 3.63) is 71.3 Å². The van der Waals surface area contributed by atoms with Gasteiger partial charge < -0.3 is 0 Å². The van der Waals surface area contributed by atoms with E-state index in [-0.39, 0.29) is 0 Å². The summed E-state index contributed by atoms with van der Waals surface area (Å²) in [7, 11) is 0. The lowest BCUT2D eigenvalue weighted by molar-refractivity contribution is 0.0974. The first-order chi connectivity index (χ1) is 9.15. The van der Waals surface area contributed by atoms with Crippen molar-refractivity contribution >= 4 is 5.78 Å². The number of carbonyl (C=O) groups is 1. The number of Topliss-reactive ketones (excluding diaryl/α,β-unsaturated/α-hetero) is 1. The lowest BCUT2D eigenvalue weighted by Gasteiger charge is -2.09. The molecule has 0 spiro atoms. The highest BCUT2D eigenvalue weighted by atomic mass is 19.2. The van der Waals surface area contributed by atoms with Crippen LogP contribution in [0.5, 0.6) is 0 Å². The quantitative estimate of drug-likeness (QED) is 0.790. The van der Waals surface area contributed by atoms with E-state index in [9.17, 15) is 13.6 Å². The minimum Gasteiger partial charge on any atom is -0.292 e. The summed E-state index contributed by atoms with van der Waals surface area (Å²) in [4.78, 5) is 12.1.